The van der Waals surface area contributed by atoms with Crippen LogP contribution in [0.3, 0.4) is 0 Å². The molecule has 1 aromatic heterocycles. The van der Waals surface area contributed by atoms with Crippen molar-refractivity contribution in [1.82, 2.24) is 5.32 Å². The minimum absolute atomic E-state index is 0.00499. The Morgan fingerprint density at radius 1 is 1.32 bits per heavy atom. The maximum atomic E-state index is 12.5. The number of nitrogens with one attached hydrogen (secondary N) is 1. The third-order valence-electron chi connectivity index (χ3n) is 4.30. The quantitative estimate of drug-likeness (QED) is 0.869. The molecule has 0 spiro atoms. The minimum Gasteiger partial charge on any atom is -0.486 e. The van der Waals surface area contributed by atoms with Gasteiger partial charge in [0.2, 0.25) is 0 Å². The summed E-state index contributed by atoms with van der Waals surface area (Å²) in [5, 5.41) is 12.1. The van der Waals surface area contributed by atoms with E-state index >= 15 is 0 Å². The van der Waals surface area contributed by atoms with Gasteiger partial charge in [0.25, 0.3) is 5.91 Å². The average molecular weight is 345 g/mol. The maximum absolute atomic E-state index is 12.5. The second-order valence-corrected chi connectivity index (χ2v) is 6.23. The van der Waals surface area contributed by atoms with Crippen molar-refractivity contribution in [3.8, 4) is 5.75 Å². The Balaban J connectivity index is 1.67. The Bertz CT molecular complexity index is 722. The molecule has 1 aliphatic heterocycles. The fourth-order valence-electron chi connectivity index (χ4n) is 2.94. The van der Waals surface area contributed by atoms with E-state index < -0.39 is 0 Å². The molecule has 25 heavy (non-hydrogen) atoms. The summed E-state index contributed by atoms with van der Waals surface area (Å²) in [7, 11) is 0. The van der Waals surface area contributed by atoms with Crippen molar-refractivity contribution in [3.05, 3.63) is 53.0 Å². The van der Waals surface area contributed by atoms with Crippen molar-refractivity contribution in [3.63, 3.8) is 0 Å². The van der Waals surface area contributed by atoms with Gasteiger partial charge < -0.3 is 24.3 Å². The number of aryl methyl sites for hydroxylation is 2. The van der Waals surface area contributed by atoms with Crippen LogP contribution in [-0.4, -0.2) is 36.4 Å². The fourth-order valence-corrected chi connectivity index (χ4v) is 2.94. The summed E-state index contributed by atoms with van der Waals surface area (Å²) in [6.07, 6.45) is 0.409. The van der Waals surface area contributed by atoms with E-state index in [1.807, 2.05) is 31.2 Å². The van der Waals surface area contributed by atoms with Crippen LogP contribution in [0.5, 0.6) is 5.75 Å². The van der Waals surface area contributed by atoms with E-state index in [0.29, 0.717) is 42.5 Å². The highest BCUT2D eigenvalue weighted by atomic mass is 16.5. The topological polar surface area (TPSA) is 80.9 Å². The van der Waals surface area contributed by atoms with Crippen LogP contribution in [0.4, 0.5) is 0 Å². The third-order valence-corrected chi connectivity index (χ3v) is 4.30. The first kappa shape index (κ1) is 17.5. The molecular weight excluding hydrogens is 322 g/mol. The van der Waals surface area contributed by atoms with Gasteiger partial charge in [-0.15, -0.1) is 0 Å². The molecule has 2 N–H and O–H groups in total. The van der Waals surface area contributed by atoms with E-state index in [4.69, 9.17) is 19.0 Å². The fraction of sp³-hybridized carbons (Fsp3) is 0.421. The van der Waals surface area contributed by atoms with Gasteiger partial charge in [0.15, 0.2) is 0 Å². The Hall–Kier alpha value is -2.31. The second-order valence-electron chi connectivity index (χ2n) is 6.23. The molecule has 6 nitrogen and oxygen atoms in total. The number of furan rings is 1. The Kier molecular flexibility index (Phi) is 5.40. The molecule has 0 saturated carbocycles. The van der Waals surface area contributed by atoms with Crippen molar-refractivity contribution < 1.29 is 23.8 Å². The van der Waals surface area contributed by atoms with Gasteiger partial charge in [-0.25, -0.2) is 0 Å². The molecule has 6 heteroatoms. The first-order valence-electron chi connectivity index (χ1n) is 8.39. The molecule has 2 heterocycles. The molecular formula is C19H23NO5. The lowest BCUT2D eigenvalue weighted by atomic mass is 10.0. The maximum Gasteiger partial charge on any atom is 0.255 e. The summed E-state index contributed by atoms with van der Waals surface area (Å²) in [4.78, 5) is 12.5. The number of hydrogen-bond donors (Lipinski definition) is 2. The summed E-state index contributed by atoms with van der Waals surface area (Å²) >= 11 is 0. The Labute approximate surface area is 146 Å². The van der Waals surface area contributed by atoms with Crippen molar-refractivity contribution in [2.75, 3.05) is 13.2 Å². The summed E-state index contributed by atoms with van der Waals surface area (Å²) in [5.41, 5.74) is 1.37. The molecule has 3 rings (SSSR count). The highest BCUT2D eigenvalue weighted by molar-refractivity contribution is 5.95. The summed E-state index contributed by atoms with van der Waals surface area (Å²) in [6.45, 7) is 4.59. The number of carbonyl (C=O) groups is 1. The van der Waals surface area contributed by atoms with Gasteiger partial charge in [-0.2, -0.15) is 0 Å². The molecule has 1 fully saturated rings. The van der Waals surface area contributed by atoms with Crippen LogP contribution in [-0.2, 0) is 11.3 Å². The number of carbonyl (C=O) groups excluding carboxylic acids is 1. The number of rotatable bonds is 5. The number of aliphatic hydroxyl groups excluding tert-OH is 1. The van der Waals surface area contributed by atoms with Crippen LogP contribution >= 0.6 is 0 Å². The lowest BCUT2D eigenvalue weighted by molar-refractivity contribution is -0.0135. The molecule has 134 valence electrons. The highest BCUT2D eigenvalue weighted by Crippen LogP contribution is 2.20. The Morgan fingerprint density at radius 3 is 2.72 bits per heavy atom. The molecule has 0 unspecified atom stereocenters. The zero-order valence-electron chi connectivity index (χ0n) is 14.5. The van der Waals surface area contributed by atoms with E-state index in [1.54, 1.807) is 13.0 Å². The molecule has 1 saturated heterocycles. The van der Waals surface area contributed by atoms with Crippen LogP contribution in [0.15, 0.2) is 34.7 Å². The van der Waals surface area contributed by atoms with Crippen LogP contribution in [0, 0.1) is 13.8 Å². The first-order valence-corrected chi connectivity index (χ1v) is 8.39. The van der Waals surface area contributed by atoms with E-state index in [2.05, 4.69) is 5.32 Å². The van der Waals surface area contributed by atoms with Crippen molar-refractivity contribution in [2.24, 2.45) is 0 Å². The SMILES string of the molecule is Cc1cc(C(=O)N[C@@H]2CCOC[C@H]2Oc2ccc(CO)cc2)c(C)o1. The lowest BCUT2D eigenvalue weighted by Crippen LogP contribution is -2.51. The third kappa shape index (κ3) is 4.21. The Morgan fingerprint density at radius 2 is 2.08 bits per heavy atom. The number of amides is 1. The van der Waals surface area contributed by atoms with Gasteiger partial charge in [0.1, 0.15) is 23.4 Å². The van der Waals surface area contributed by atoms with Crippen LogP contribution in [0.1, 0.15) is 33.9 Å². The van der Waals surface area contributed by atoms with Gasteiger partial charge in [0, 0.05) is 6.61 Å². The standard InChI is InChI=1S/C19H23NO5/c1-12-9-16(13(2)24-12)19(22)20-17-7-8-23-11-18(17)25-15-5-3-14(10-21)4-6-15/h3-6,9,17-18,21H,7-8,10-11H2,1-2H3,(H,20,22)/t17-,18-/m1/s1. The van der Waals surface area contributed by atoms with Gasteiger partial charge in [-0.1, -0.05) is 12.1 Å². The minimum atomic E-state index is -0.272. The van der Waals surface area contributed by atoms with Gasteiger partial charge in [-0.3, -0.25) is 4.79 Å². The van der Waals surface area contributed by atoms with Gasteiger partial charge in [0.05, 0.1) is 24.8 Å². The zero-order chi connectivity index (χ0) is 17.8. The summed E-state index contributed by atoms with van der Waals surface area (Å²) in [5.74, 6) is 1.85. The monoisotopic (exact) mass is 345 g/mol. The van der Waals surface area contributed by atoms with E-state index in [9.17, 15) is 4.79 Å². The number of aliphatic hydroxyl groups is 1. The normalized spacial score (nSPS) is 20.3. The molecule has 0 radical (unpaired) electrons. The van der Waals surface area contributed by atoms with Crippen molar-refractivity contribution >= 4 is 5.91 Å². The summed E-state index contributed by atoms with van der Waals surface area (Å²) < 4.78 is 16.9. The van der Waals surface area contributed by atoms with E-state index in [-0.39, 0.29) is 24.7 Å². The van der Waals surface area contributed by atoms with Crippen molar-refractivity contribution in [1.29, 1.82) is 0 Å². The molecule has 1 aromatic carbocycles. The zero-order valence-corrected chi connectivity index (χ0v) is 14.5. The van der Waals surface area contributed by atoms with Crippen LogP contribution < -0.4 is 10.1 Å². The predicted octanol–water partition coefficient (Wildman–Crippen LogP) is 2.36. The largest absolute Gasteiger partial charge is 0.486 e. The second kappa shape index (κ2) is 7.72. The van der Waals surface area contributed by atoms with Crippen LogP contribution in [0.2, 0.25) is 0 Å². The first-order chi connectivity index (χ1) is 12.1. The number of hydrogen-bond acceptors (Lipinski definition) is 5. The molecule has 0 bridgehead atoms. The van der Waals surface area contributed by atoms with Gasteiger partial charge in [-0.05, 0) is 44.0 Å². The highest BCUT2D eigenvalue weighted by Gasteiger charge is 2.30. The molecule has 2 atom stereocenters. The lowest BCUT2D eigenvalue weighted by Gasteiger charge is -2.32. The van der Waals surface area contributed by atoms with Crippen LogP contribution in [0.25, 0.3) is 0 Å². The molecule has 1 aliphatic rings. The van der Waals surface area contributed by atoms with E-state index in [0.717, 1.165) is 5.56 Å². The molecule has 2 aromatic rings. The summed E-state index contributed by atoms with van der Waals surface area (Å²) in [6, 6.07) is 8.83. The van der Waals surface area contributed by atoms with Gasteiger partial charge >= 0.3 is 0 Å². The van der Waals surface area contributed by atoms with Crippen molar-refractivity contribution in [2.45, 2.75) is 39.0 Å². The smallest absolute Gasteiger partial charge is 0.255 e. The molecule has 1 amide bonds. The number of benzene rings is 1. The average Bonchev–Trinajstić information content (AvgIpc) is 2.96. The number of ether oxygens (including phenoxy) is 2. The van der Waals surface area contributed by atoms with E-state index in [1.165, 1.54) is 0 Å². The molecule has 0 aliphatic carbocycles. The predicted molar refractivity (Wildman–Crippen MR) is 91.7 cm³/mol.